The number of carbonyl (C=O) groups excluding carboxylic acids is 1. The van der Waals surface area contributed by atoms with Crippen LogP contribution in [0.2, 0.25) is 0 Å². The fourth-order valence-corrected chi connectivity index (χ4v) is 2.24. The molecule has 1 fully saturated rings. The molecule has 0 unspecified atom stereocenters. The smallest absolute Gasteiger partial charge is 0.222 e. The second-order valence-corrected chi connectivity index (χ2v) is 4.87. The lowest BCUT2D eigenvalue weighted by Gasteiger charge is -2.35. The first-order valence-corrected chi connectivity index (χ1v) is 6.56. The van der Waals surface area contributed by atoms with Crippen molar-refractivity contribution in [2.24, 2.45) is 0 Å². The summed E-state index contributed by atoms with van der Waals surface area (Å²) in [5.74, 6) is 0.304. The normalized spacial score (nSPS) is 25.8. The van der Waals surface area contributed by atoms with Crippen molar-refractivity contribution < 1.29 is 9.53 Å². The Balaban J connectivity index is 2.24. The number of ether oxygens (including phenoxy) is 1. The summed E-state index contributed by atoms with van der Waals surface area (Å²) in [4.78, 5) is 13.9. The van der Waals surface area contributed by atoms with Crippen molar-refractivity contribution in [3.8, 4) is 0 Å². The number of amides is 1. The van der Waals surface area contributed by atoms with E-state index in [0.29, 0.717) is 12.3 Å². The summed E-state index contributed by atoms with van der Waals surface area (Å²) < 4.78 is 5.62. The van der Waals surface area contributed by atoms with E-state index in [-0.39, 0.29) is 12.2 Å². The molecule has 0 saturated carbocycles. The van der Waals surface area contributed by atoms with Gasteiger partial charge in [-0.05, 0) is 20.3 Å². The molecule has 0 aromatic carbocycles. The molecule has 3 nitrogen and oxygen atoms in total. The summed E-state index contributed by atoms with van der Waals surface area (Å²) in [6.45, 7) is 7.78. The van der Waals surface area contributed by atoms with Crippen LogP contribution in [0.15, 0.2) is 0 Å². The van der Waals surface area contributed by atoms with Crippen LogP contribution in [-0.2, 0) is 9.53 Å². The number of rotatable bonds is 5. The summed E-state index contributed by atoms with van der Waals surface area (Å²) in [7, 11) is 0. The van der Waals surface area contributed by atoms with Gasteiger partial charge in [0, 0.05) is 19.5 Å². The van der Waals surface area contributed by atoms with Crippen LogP contribution in [0.4, 0.5) is 0 Å². The summed E-state index contributed by atoms with van der Waals surface area (Å²) in [5.41, 5.74) is 0. The van der Waals surface area contributed by atoms with E-state index < -0.39 is 0 Å². The van der Waals surface area contributed by atoms with Gasteiger partial charge in [-0.15, -0.1) is 0 Å². The maximum absolute atomic E-state index is 11.9. The molecule has 0 aliphatic carbocycles. The highest BCUT2D eigenvalue weighted by Crippen LogP contribution is 2.13. The quantitative estimate of drug-likeness (QED) is 0.676. The molecule has 1 rings (SSSR count). The molecule has 94 valence electrons. The van der Waals surface area contributed by atoms with E-state index in [1.165, 1.54) is 19.3 Å². The highest BCUT2D eigenvalue weighted by atomic mass is 16.5. The standard InChI is InChI=1S/C13H25NO2/c1-4-5-6-7-8-13(15)14-9-11(2)16-12(3)10-14/h11-12H,4-10H2,1-3H3/t11-,12-/m0/s1. The van der Waals surface area contributed by atoms with Gasteiger partial charge in [-0.2, -0.15) is 0 Å². The fourth-order valence-electron chi connectivity index (χ4n) is 2.24. The van der Waals surface area contributed by atoms with Crippen LogP contribution in [0.3, 0.4) is 0 Å². The van der Waals surface area contributed by atoms with Crippen molar-refractivity contribution in [3.05, 3.63) is 0 Å². The van der Waals surface area contributed by atoms with Crippen LogP contribution in [0.1, 0.15) is 52.9 Å². The summed E-state index contributed by atoms with van der Waals surface area (Å²) in [5, 5.41) is 0. The lowest BCUT2D eigenvalue weighted by molar-refractivity contribution is -0.143. The molecule has 0 radical (unpaired) electrons. The van der Waals surface area contributed by atoms with E-state index in [9.17, 15) is 4.79 Å². The minimum Gasteiger partial charge on any atom is -0.372 e. The first-order chi connectivity index (χ1) is 7.63. The van der Waals surface area contributed by atoms with Gasteiger partial charge in [0.2, 0.25) is 5.91 Å². The summed E-state index contributed by atoms with van der Waals surface area (Å²) in [6, 6.07) is 0. The number of unbranched alkanes of at least 4 members (excludes halogenated alkanes) is 3. The predicted octanol–water partition coefficient (Wildman–Crippen LogP) is 2.59. The molecule has 1 aliphatic heterocycles. The molecular formula is C13H25NO2. The number of nitrogens with zero attached hydrogens (tertiary/aromatic N) is 1. The van der Waals surface area contributed by atoms with Gasteiger partial charge in [-0.3, -0.25) is 4.79 Å². The third-order valence-corrected chi connectivity index (χ3v) is 3.02. The molecule has 1 saturated heterocycles. The second-order valence-electron chi connectivity index (χ2n) is 4.87. The Morgan fingerprint density at radius 1 is 1.19 bits per heavy atom. The molecule has 0 bridgehead atoms. The largest absolute Gasteiger partial charge is 0.372 e. The zero-order valence-corrected chi connectivity index (χ0v) is 10.9. The molecule has 0 N–H and O–H groups in total. The first-order valence-electron chi connectivity index (χ1n) is 6.56. The molecule has 3 heteroatoms. The van der Waals surface area contributed by atoms with Gasteiger partial charge >= 0.3 is 0 Å². The molecule has 0 spiro atoms. The Kier molecular flexibility index (Phi) is 5.81. The molecule has 0 aromatic heterocycles. The van der Waals surface area contributed by atoms with Gasteiger partial charge in [0.15, 0.2) is 0 Å². The van der Waals surface area contributed by atoms with Crippen molar-refractivity contribution in [1.29, 1.82) is 0 Å². The monoisotopic (exact) mass is 227 g/mol. The van der Waals surface area contributed by atoms with Crippen LogP contribution in [-0.4, -0.2) is 36.1 Å². The minimum atomic E-state index is 0.184. The molecule has 1 amide bonds. The van der Waals surface area contributed by atoms with E-state index in [1.807, 2.05) is 18.7 Å². The molecule has 1 aliphatic rings. The highest BCUT2D eigenvalue weighted by molar-refractivity contribution is 5.76. The number of hydrogen-bond acceptors (Lipinski definition) is 2. The molecule has 0 aromatic rings. The van der Waals surface area contributed by atoms with E-state index in [0.717, 1.165) is 19.5 Å². The second kappa shape index (κ2) is 6.89. The van der Waals surface area contributed by atoms with Crippen LogP contribution >= 0.6 is 0 Å². The van der Waals surface area contributed by atoms with Gasteiger partial charge in [-0.25, -0.2) is 0 Å². The Morgan fingerprint density at radius 3 is 2.38 bits per heavy atom. The highest BCUT2D eigenvalue weighted by Gasteiger charge is 2.25. The van der Waals surface area contributed by atoms with Gasteiger partial charge in [0.25, 0.3) is 0 Å². The van der Waals surface area contributed by atoms with Crippen molar-refractivity contribution in [2.45, 2.75) is 65.1 Å². The lowest BCUT2D eigenvalue weighted by Crippen LogP contribution is -2.48. The number of morpholine rings is 1. The Labute approximate surface area is 99.1 Å². The molecular weight excluding hydrogens is 202 g/mol. The zero-order chi connectivity index (χ0) is 12.0. The van der Waals surface area contributed by atoms with Crippen molar-refractivity contribution in [3.63, 3.8) is 0 Å². The first kappa shape index (κ1) is 13.5. The topological polar surface area (TPSA) is 29.5 Å². The average molecular weight is 227 g/mol. The van der Waals surface area contributed by atoms with E-state index in [2.05, 4.69) is 6.92 Å². The van der Waals surface area contributed by atoms with Crippen molar-refractivity contribution in [1.82, 2.24) is 4.90 Å². The average Bonchev–Trinajstić information content (AvgIpc) is 2.22. The SMILES string of the molecule is CCCCCCC(=O)N1C[C@H](C)O[C@@H](C)C1. The Bertz CT molecular complexity index is 208. The fraction of sp³-hybridized carbons (Fsp3) is 0.923. The van der Waals surface area contributed by atoms with Crippen molar-refractivity contribution in [2.75, 3.05) is 13.1 Å². The molecule has 1 heterocycles. The third-order valence-electron chi connectivity index (χ3n) is 3.02. The van der Waals surface area contributed by atoms with Crippen LogP contribution in [0, 0.1) is 0 Å². The van der Waals surface area contributed by atoms with Gasteiger partial charge < -0.3 is 9.64 Å². The van der Waals surface area contributed by atoms with Gasteiger partial charge in [0.05, 0.1) is 12.2 Å². The van der Waals surface area contributed by atoms with Crippen LogP contribution in [0.5, 0.6) is 0 Å². The van der Waals surface area contributed by atoms with Crippen molar-refractivity contribution >= 4 is 5.91 Å². The maximum Gasteiger partial charge on any atom is 0.222 e. The van der Waals surface area contributed by atoms with Gasteiger partial charge in [-0.1, -0.05) is 26.2 Å². The summed E-state index contributed by atoms with van der Waals surface area (Å²) >= 11 is 0. The Morgan fingerprint density at radius 2 is 1.81 bits per heavy atom. The van der Waals surface area contributed by atoms with Crippen LogP contribution in [0.25, 0.3) is 0 Å². The predicted molar refractivity (Wildman–Crippen MR) is 65.3 cm³/mol. The van der Waals surface area contributed by atoms with Gasteiger partial charge in [0.1, 0.15) is 0 Å². The summed E-state index contributed by atoms with van der Waals surface area (Å²) in [6.07, 6.45) is 5.75. The molecule has 16 heavy (non-hydrogen) atoms. The lowest BCUT2D eigenvalue weighted by atomic mass is 10.1. The molecule has 2 atom stereocenters. The Hall–Kier alpha value is -0.570. The van der Waals surface area contributed by atoms with E-state index in [4.69, 9.17) is 4.74 Å². The van der Waals surface area contributed by atoms with E-state index in [1.54, 1.807) is 0 Å². The zero-order valence-electron chi connectivity index (χ0n) is 10.9. The minimum absolute atomic E-state index is 0.184. The number of carbonyl (C=O) groups is 1. The maximum atomic E-state index is 11.9. The number of hydrogen-bond donors (Lipinski definition) is 0. The third kappa shape index (κ3) is 4.52. The van der Waals surface area contributed by atoms with Crippen LogP contribution < -0.4 is 0 Å². The van der Waals surface area contributed by atoms with E-state index >= 15 is 0 Å².